The van der Waals surface area contributed by atoms with E-state index >= 15 is 0 Å². The number of carbonyl (C=O) groups excluding carboxylic acids is 2. The second-order valence-corrected chi connectivity index (χ2v) is 9.81. The van der Waals surface area contributed by atoms with Gasteiger partial charge in [0.05, 0.1) is 11.5 Å². The summed E-state index contributed by atoms with van der Waals surface area (Å²) in [5, 5.41) is 2.72. The van der Waals surface area contributed by atoms with Gasteiger partial charge in [0, 0.05) is 25.1 Å². The van der Waals surface area contributed by atoms with Crippen molar-refractivity contribution in [1.29, 1.82) is 0 Å². The van der Waals surface area contributed by atoms with E-state index in [4.69, 9.17) is 4.74 Å². The summed E-state index contributed by atoms with van der Waals surface area (Å²) in [7, 11) is -3.67. The number of hydrogen-bond donors (Lipinski definition) is 2. The second-order valence-electron chi connectivity index (χ2n) is 8.05. The van der Waals surface area contributed by atoms with Crippen molar-refractivity contribution in [3.63, 3.8) is 0 Å². The molecule has 7 nitrogen and oxygen atoms in total. The van der Waals surface area contributed by atoms with E-state index in [1.165, 1.54) is 29.8 Å². The first-order chi connectivity index (χ1) is 16.9. The standard InChI is InChI=1S/C27H30N2O5S/c30-26(14-7-15-27(31)34-20-8-13-22-9-3-1-4-10-22)29-24-16-18-25(19-17-24)35(32,33)28-21-23-11-5-2-6-12-23/h1-6,9-12,16-19,28H,7-8,13-15,20-21H2,(H,29,30). The molecule has 0 unspecified atom stereocenters. The summed E-state index contributed by atoms with van der Waals surface area (Å²) in [4.78, 5) is 24.1. The molecule has 0 aromatic heterocycles. The van der Waals surface area contributed by atoms with Crippen molar-refractivity contribution < 1.29 is 22.7 Å². The zero-order valence-electron chi connectivity index (χ0n) is 19.5. The van der Waals surface area contributed by atoms with Gasteiger partial charge in [-0.1, -0.05) is 60.7 Å². The van der Waals surface area contributed by atoms with Crippen LogP contribution in [-0.2, 0) is 37.3 Å². The Hall–Kier alpha value is -3.49. The average molecular weight is 495 g/mol. The first kappa shape index (κ1) is 26.1. The van der Waals surface area contributed by atoms with Gasteiger partial charge in [0.2, 0.25) is 15.9 Å². The van der Waals surface area contributed by atoms with Crippen molar-refractivity contribution in [1.82, 2.24) is 4.72 Å². The third-order valence-electron chi connectivity index (χ3n) is 5.26. The summed E-state index contributed by atoms with van der Waals surface area (Å²) in [6.07, 6.45) is 2.31. The molecular weight excluding hydrogens is 464 g/mol. The topological polar surface area (TPSA) is 102 Å². The first-order valence-corrected chi connectivity index (χ1v) is 13.0. The highest BCUT2D eigenvalue weighted by atomic mass is 32.2. The van der Waals surface area contributed by atoms with Crippen molar-refractivity contribution >= 4 is 27.6 Å². The van der Waals surface area contributed by atoms with Gasteiger partial charge in [0.1, 0.15) is 0 Å². The summed E-state index contributed by atoms with van der Waals surface area (Å²) in [5.41, 5.74) is 2.55. The number of carbonyl (C=O) groups is 2. The fraction of sp³-hybridized carbons (Fsp3) is 0.259. The SMILES string of the molecule is O=C(CCCC(=O)OCCCc1ccccc1)Nc1ccc(S(=O)(=O)NCc2ccccc2)cc1. The number of esters is 1. The van der Waals surface area contributed by atoms with Crippen LogP contribution in [0, 0.1) is 0 Å². The fourth-order valence-corrected chi connectivity index (χ4v) is 4.39. The Balaban J connectivity index is 1.33. The Morgan fingerprint density at radius 3 is 2.03 bits per heavy atom. The Bertz CT molecular complexity index is 1180. The highest BCUT2D eigenvalue weighted by molar-refractivity contribution is 7.89. The molecule has 8 heteroatoms. The highest BCUT2D eigenvalue weighted by Gasteiger charge is 2.14. The zero-order chi connectivity index (χ0) is 24.9. The normalized spacial score (nSPS) is 11.1. The van der Waals surface area contributed by atoms with Gasteiger partial charge >= 0.3 is 5.97 Å². The number of amides is 1. The third kappa shape index (κ3) is 9.35. The maximum absolute atomic E-state index is 12.5. The number of nitrogens with one attached hydrogen (secondary N) is 2. The molecule has 0 fully saturated rings. The molecule has 1 amide bonds. The van der Waals surface area contributed by atoms with Crippen LogP contribution in [0.3, 0.4) is 0 Å². The minimum absolute atomic E-state index is 0.112. The van der Waals surface area contributed by atoms with Crippen LogP contribution in [0.1, 0.15) is 36.8 Å². The molecule has 0 aliphatic rings. The minimum Gasteiger partial charge on any atom is -0.466 e. The lowest BCUT2D eigenvalue weighted by Gasteiger charge is -2.09. The summed E-state index contributed by atoms with van der Waals surface area (Å²) in [6, 6.07) is 25.2. The van der Waals surface area contributed by atoms with Gasteiger partial charge in [-0.3, -0.25) is 9.59 Å². The summed E-state index contributed by atoms with van der Waals surface area (Å²) < 4.78 is 32.7. The summed E-state index contributed by atoms with van der Waals surface area (Å²) in [5.74, 6) is -0.567. The number of anilines is 1. The Morgan fingerprint density at radius 1 is 0.743 bits per heavy atom. The first-order valence-electron chi connectivity index (χ1n) is 11.6. The number of aryl methyl sites for hydroxylation is 1. The van der Waals surface area contributed by atoms with Crippen molar-refractivity contribution in [2.45, 2.75) is 43.5 Å². The van der Waals surface area contributed by atoms with Crippen molar-refractivity contribution in [3.8, 4) is 0 Å². The third-order valence-corrected chi connectivity index (χ3v) is 6.68. The van der Waals surface area contributed by atoms with E-state index in [2.05, 4.69) is 10.0 Å². The monoisotopic (exact) mass is 494 g/mol. The number of hydrogen-bond acceptors (Lipinski definition) is 5. The van der Waals surface area contributed by atoms with Crippen LogP contribution in [0.5, 0.6) is 0 Å². The van der Waals surface area contributed by atoms with Crippen molar-refractivity contribution in [2.75, 3.05) is 11.9 Å². The van der Waals surface area contributed by atoms with Gasteiger partial charge < -0.3 is 10.1 Å². The Labute approximate surface area is 206 Å². The lowest BCUT2D eigenvalue weighted by atomic mass is 10.1. The van der Waals surface area contributed by atoms with Crippen LogP contribution in [0.15, 0.2) is 89.8 Å². The molecule has 0 bridgehead atoms. The number of benzene rings is 3. The predicted molar refractivity (Wildman–Crippen MR) is 135 cm³/mol. The molecule has 0 aliphatic carbocycles. The van der Waals surface area contributed by atoms with Gasteiger partial charge in [-0.15, -0.1) is 0 Å². The fourth-order valence-electron chi connectivity index (χ4n) is 3.37. The van der Waals surface area contributed by atoms with E-state index < -0.39 is 10.0 Å². The lowest BCUT2D eigenvalue weighted by molar-refractivity contribution is -0.143. The molecule has 3 rings (SSSR count). The molecule has 0 aliphatic heterocycles. The lowest BCUT2D eigenvalue weighted by Crippen LogP contribution is -2.23. The average Bonchev–Trinajstić information content (AvgIpc) is 2.87. The second kappa shape index (κ2) is 13.4. The number of rotatable bonds is 13. The molecule has 3 aromatic carbocycles. The van der Waals surface area contributed by atoms with E-state index in [-0.39, 0.29) is 36.2 Å². The van der Waals surface area contributed by atoms with Crippen LogP contribution >= 0.6 is 0 Å². The van der Waals surface area contributed by atoms with Gasteiger partial charge in [-0.25, -0.2) is 13.1 Å². The molecule has 0 spiro atoms. The van der Waals surface area contributed by atoms with Crippen molar-refractivity contribution in [3.05, 3.63) is 96.1 Å². The number of ether oxygens (including phenoxy) is 1. The van der Waals surface area contributed by atoms with Gasteiger partial charge in [-0.05, 0) is 54.7 Å². The zero-order valence-corrected chi connectivity index (χ0v) is 20.3. The molecular formula is C27H30N2O5S. The molecule has 0 heterocycles. The molecule has 35 heavy (non-hydrogen) atoms. The van der Waals surface area contributed by atoms with Crippen LogP contribution in [0.2, 0.25) is 0 Å². The van der Waals surface area contributed by atoms with E-state index in [1.807, 2.05) is 60.7 Å². The minimum atomic E-state index is -3.67. The van der Waals surface area contributed by atoms with Crippen LogP contribution in [0.25, 0.3) is 0 Å². The van der Waals surface area contributed by atoms with Gasteiger partial charge in [-0.2, -0.15) is 0 Å². The summed E-state index contributed by atoms with van der Waals surface area (Å²) >= 11 is 0. The number of sulfonamides is 1. The maximum atomic E-state index is 12.5. The quantitative estimate of drug-likeness (QED) is 0.270. The van der Waals surface area contributed by atoms with E-state index in [0.29, 0.717) is 18.7 Å². The maximum Gasteiger partial charge on any atom is 0.305 e. The van der Waals surface area contributed by atoms with E-state index in [9.17, 15) is 18.0 Å². The molecule has 3 aromatic rings. The Morgan fingerprint density at radius 2 is 1.37 bits per heavy atom. The molecule has 0 radical (unpaired) electrons. The van der Waals surface area contributed by atoms with Crippen molar-refractivity contribution in [2.24, 2.45) is 0 Å². The van der Waals surface area contributed by atoms with E-state index in [0.717, 1.165) is 18.4 Å². The molecule has 184 valence electrons. The largest absolute Gasteiger partial charge is 0.466 e. The predicted octanol–water partition coefficient (Wildman–Crippen LogP) is 4.45. The molecule has 0 saturated heterocycles. The smallest absolute Gasteiger partial charge is 0.305 e. The highest BCUT2D eigenvalue weighted by Crippen LogP contribution is 2.15. The van der Waals surface area contributed by atoms with Gasteiger partial charge in [0.15, 0.2) is 0 Å². The van der Waals surface area contributed by atoms with E-state index in [1.54, 1.807) is 0 Å². The van der Waals surface area contributed by atoms with Crippen LogP contribution < -0.4 is 10.0 Å². The molecule has 0 saturated carbocycles. The Kier molecular flexibility index (Phi) is 10.0. The van der Waals surface area contributed by atoms with Crippen LogP contribution in [0.4, 0.5) is 5.69 Å². The van der Waals surface area contributed by atoms with Gasteiger partial charge in [0.25, 0.3) is 0 Å². The molecule has 0 atom stereocenters. The molecule has 2 N–H and O–H groups in total. The van der Waals surface area contributed by atoms with Crippen LogP contribution in [-0.4, -0.2) is 26.9 Å². The summed E-state index contributed by atoms with van der Waals surface area (Å²) in [6.45, 7) is 0.548.